The van der Waals surface area contributed by atoms with Crippen molar-refractivity contribution in [3.8, 4) is 11.3 Å². The van der Waals surface area contributed by atoms with Gasteiger partial charge in [0.2, 0.25) is 0 Å². The van der Waals surface area contributed by atoms with Crippen LogP contribution >= 0.6 is 11.6 Å². The first kappa shape index (κ1) is 13.7. The molecule has 0 saturated carbocycles. The number of halogens is 2. The van der Waals surface area contributed by atoms with Crippen LogP contribution in [0.1, 0.15) is 18.1 Å². The summed E-state index contributed by atoms with van der Waals surface area (Å²) in [5, 5.41) is 11.8. The fraction of sp³-hybridized carbons (Fsp3) is 0.286. The molecule has 0 saturated heterocycles. The van der Waals surface area contributed by atoms with Gasteiger partial charge >= 0.3 is 0 Å². The summed E-state index contributed by atoms with van der Waals surface area (Å²) in [6.45, 7) is 6.72. The zero-order chi connectivity index (χ0) is 14.0. The van der Waals surface area contributed by atoms with Crippen LogP contribution in [0.5, 0.6) is 0 Å². The van der Waals surface area contributed by atoms with Crippen LogP contribution in [-0.4, -0.2) is 16.7 Å². The quantitative estimate of drug-likeness (QED) is 0.923. The lowest BCUT2D eigenvalue weighted by atomic mass is 10.0. The van der Waals surface area contributed by atoms with Gasteiger partial charge < -0.3 is 5.32 Å². The monoisotopic (exact) mass is 279 g/mol. The average Bonchev–Trinajstić information content (AvgIpc) is 2.37. The van der Waals surface area contributed by atoms with E-state index in [1.165, 1.54) is 12.1 Å². The first-order valence-corrected chi connectivity index (χ1v) is 6.45. The van der Waals surface area contributed by atoms with E-state index in [1.54, 1.807) is 6.07 Å². The number of hydrogen-bond acceptors (Lipinski definition) is 3. The van der Waals surface area contributed by atoms with E-state index >= 15 is 0 Å². The fourth-order valence-corrected chi connectivity index (χ4v) is 2.13. The number of nitrogens with one attached hydrogen (secondary N) is 1. The third kappa shape index (κ3) is 2.68. The molecule has 0 fully saturated rings. The molecule has 0 amide bonds. The van der Waals surface area contributed by atoms with Gasteiger partial charge in [-0.05, 0) is 50.1 Å². The maximum atomic E-state index is 13.1. The molecular formula is C14H15ClFN3. The molecule has 0 bridgehead atoms. The van der Waals surface area contributed by atoms with Gasteiger partial charge in [0.1, 0.15) is 5.82 Å². The van der Waals surface area contributed by atoms with E-state index in [9.17, 15) is 4.39 Å². The molecule has 19 heavy (non-hydrogen) atoms. The van der Waals surface area contributed by atoms with Gasteiger partial charge in [-0.25, -0.2) is 4.39 Å². The molecule has 5 heteroatoms. The molecule has 1 N–H and O–H groups in total. The average molecular weight is 280 g/mol. The smallest absolute Gasteiger partial charge is 0.151 e. The molecule has 1 aromatic heterocycles. The number of nitrogens with zero attached hydrogens (tertiary/aromatic N) is 2. The highest BCUT2D eigenvalue weighted by Gasteiger charge is 2.13. The first-order valence-electron chi connectivity index (χ1n) is 6.07. The Balaban J connectivity index is 2.54. The van der Waals surface area contributed by atoms with Gasteiger partial charge in [-0.1, -0.05) is 11.6 Å². The Bertz CT molecular complexity index is 614. The van der Waals surface area contributed by atoms with Crippen molar-refractivity contribution in [3.63, 3.8) is 0 Å². The lowest BCUT2D eigenvalue weighted by Gasteiger charge is -2.12. The zero-order valence-corrected chi connectivity index (χ0v) is 11.8. The molecule has 1 aromatic carbocycles. The van der Waals surface area contributed by atoms with Crippen molar-refractivity contribution in [1.29, 1.82) is 0 Å². The van der Waals surface area contributed by atoms with Gasteiger partial charge in [0, 0.05) is 12.1 Å². The molecule has 100 valence electrons. The van der Waals surface area contributed by atoms with E-state index in [0.717, 1.165) is 23.5 Å². The predicted molar refractivity (Wildman–Crippen MR) is 76.1 cm³/mol. The highest BCUT2D eigenvalue weighted by molar-refractivity contribution is 6.33. The SMILES string of the molecule is CCNc1nnc(-c2ccc(F)cc2Cl)c(C)c1C. The molecule has 2 rings (SSSR count). The van der Waals surface area contributed by atoms with Crippen molar-refractivity contribution in [3.05, 3.63) is 40.2 Å². The fourth-order valence-electron chi connectivity index (χ4n) is 1.88. The molecule has 0 spiro atoms. The van der Waals surface area contributed by atoms with Crippen LogP contribution in [0.25, 0.3) is 11.3 Å². The number of rotatable bonds is 3. The lowest BCUT2D eigenvalue weighted by molar-refractivity contribution is 0.628. The molecule has 0 aliphatic heterocycles. The summed E-state index contributed by atoms with van der Waals surface area (Å²) >= 11 is 6.07. The van der Waals surface area contributed by atoms with Crippen molar-refractivity contribution in [2.24, 2.45) is 0 Å². The standard InChI is InChI=1S/C14H15ClFN3/c1-4-17-14-9(3)8(2)13(18-19-14)11-6-5-10(16)7-12(11)15/h5-7H,4H2,1-3H3,(H,17,19). The number of hydrogen-bond donors (Lipinski definition) is 1. The van der Waals surface area contributed by atoms with Gasteiger partial charge in [-0.15, -0.1) is 10.2 Å². The minimum atomic E-state index is -0.361. The van der Waals surface area contributed by atoms with Gasteiger partial charge in [-0.3, -0.25) is 0 Å². The second-order valence-corrected chi connectivity index (χ2v) is 4.71. The first-order chi connectivity index (χ1) is 9.04. The van der Waals surface area contributed by atoms with Crippen LogP contribution in [0.4, 0.5) is 10.2 Å². The lowest BCUT2D eigenvalue weighted by Crippen LogP contribution is -2.06. The maximum Gasteiger partial charge on any atom is 0.151 e. The van der Waals surface area contributed by atoms with Gasteiger partial charge in [0.25, 0.3) is 0 Å². The topological polar surface area (TPSA) is 37.8 Å². The second-order valence-electron chi connectivity index (χ2n) is 4.30. The summed E-state index contributed by atoms with van der Waals surface area (Å²) in [5.41, 5.74) is 3.38. The van der Waals surface area contributed by atoms with Crippen LogP contribution in [-0.2, 0) is 0 Å². The Hall–Kier alpha value is -1.68. The van der Waals surface area contributed by atoms with Crippen molar-refractivity contribution < 1.29 is 4.39 Å². The molecule has 3 nitrogen and oxygen atoms in total. The Morgan fingerprint density at radius 3 is 2.58 bits per heavy atom. The summed E-state index contributed by atoms with van der Waals surface area (Å²) in [4.78, 5) is 0. The molecule has 0 aliphatic carbocycles. The van der Waals surface area contributed by atoms with Crippen LogP contribution in [0.2, 0.25) is 5.02 Å². The van der Waals surface area contributed by atoms with Crippen LogP contribution in [0.3, 0.4) is 0 Å². The largest absolute Gasteiger partial charge is 0.369 e. The van der Waals surface area contributed by atoms with E-state index in [0.29, 0.717) is 16.3 Å². The number of anilines is 1. The minimum absolute atomic E-state index is 0.341. The van der Waals surface area contributed by atoms with Crippen molar-refractivity contribution in [1.82, 2.24) is 10.2 Å². The normalized spacial score (nSPS) is 10.6. The van der Waals surface area contributed by atoms with E-state index < -0.39 is 0 Å². The summed E-state index contributed by atoms with van der Waals surface area (Å²) in [6, 6.07) is 4.28. The predicted octanol–water partition coefficient (Wildman–Crippen LogP) is 3.98. The van der Waals surface area contributed by atoms with Crippen LogP contribution in [0, 0.1) is 19.7 Å². The Morgan fingerprint density at radius 1 is 1.21 bits per heavy atom. The van der Waals surface area contributed by atoms with E-state index in [1.807, 2.05) is 20.8 Å². The van der Waals surface area contributed by atoms with Crippen LogP contribution in [0.15, 0.2) is 18.2 Å². The molecule has 0 aliphatic rings. The van der Waals surface area contributed by atoms with Gasteiger partial charge in [0.05, 0.1) is 10.7 Å². The third-order valence-electron chi connectivity index (χ3n) is 3.05. The summed E-state index contributed by atoms with van der Waals surface area (Å²) in [7, 11) is 0. The van der Waals surface area contributed by atoms with Crippen molar-refractivity contribution in [2.75, 3.05) is 11.9 Å². The second kappa shape index (κ2) is 5.53. The Kier molecular flexibility index (Phi) is 4.00. The third-order valence-corrected chi connectivity index (χ3v) is 3.37. The summed E-state index contributed by atoms with van der Waals surface area (Å²) in [5.74, 6) is 0.405. The number of aromatic nitrogens is 2. The zero-order valence-electron chi connectivity index (χ0n) is 11.1. The molecule has 2 aromatic rings. The highest BCUT2D eigenvalue weighted by Crippen LogP contribution is 2.31. The molecule has 0 unspecified atom stereocenters. The molecular weight excluding hydrogens is 265 g/mol. The van der Waals surface area contributed by atoms with Gasteiger partial charge in [-0.2, -0.15) is 0 Å². The maximum absolute atomic E-state index is 13.1. The Morgan fingerprint density at radius 2 is 1.95 bits per heavy atom. The molecule has 0 atom stereocenters. The van der Waals surface area contributed by atoms with E-state index in [4.69, 9.17) is 11.6 Å². The summed E-state index contributed by atoms with van der Waals surface area (Å²) in [6.07, 6.45) is 0. The molecule has 1 heterocycles. The molecule has 0 radical (unpaired) electrons. The van der Waals surface area contributed by atoms with E-state index in [2.05, 4.69) is 15.5 Å². The summed E-state index contributed by atoms with van der Waals surface area (Å²) < 4.78 is 13.1. The van der Waals surface area contributed by atoms with Crippen LogP contribution < -0.4 is 5.32 Å². The Labute approximate surface area is 116 Å². The van der Waals surface area contributed by atoms with Gasteiger partial charge in [0.15, 0.2) is 5.82 Å². The highest BCUT2D eigenvalue weighted by atomic mass is 35.5. The number of benzene rings is 1. The van der Waals surface area contributed by atoms with Crippen molar-refractivity contribution in [2.45, 2.75) is 20.8 Å². The van der Waals surface area contributed by atoms with E-state index in [-0.39, 0.29) is 5.82 Å². The minimum Gasteiger partial charge on any atom is -0.369 e. The van der Waals surface area contributed by atoms with Crippen molar-refractivity contribution >= 4 is 17.4 Å².